The quantitative estimate of drug-likeness (QED) is 0.710. The second kappa shape index (κ2) is 8.58. The zero-order valence-corrected chi connectivity index (χ0v) is 18.1. The van der Waals surface area contributed by atoms with Crippen LogP contribution in [-0.4, -0.2) is 82.3 Å². The minimum atomic E-state index is -0.316. The van der Waals surface area contributed by atoms with Crippen LogP contribution in [0.2, 0.25) is 0 Å². The first-order chi connectivity index (χ1) is 14.5. The highest BCUT2D eigenvalue weighted by Crippen LogP contribution is 2.28. The van der Waals surface area contributed by atoms with Gasteiger partial charge in [0.05, 0.1) is 12.5 Å². The van der Waals surface area contributed by atoms with Crippen molar-refractivity contribution < 1.29 is 14.3 Å². The molecule has 0 unspecified atom stereocenters. The van der Waals surface area contributed by atoms with Gasteiger partial charge in [-0.25, -0.2) is 9.78 Å². The maximum atomic E-state index is 13.1. The molecule has 0 N–H and O–H groups in total. The number of piperazine rings is 1. The van der Waals surface area contributed by atoms with Crippen LogP contribution in [0, 0.1) is 12.8 Å². The first kappa shape index (κ1) is 20.6. The zero-order valence-electron chi connectivity index (χ0n) is 17.2. The minimum Gasteiger partial charge on any atom is -0.450 e. The van der Waals surface area contributed by atoms with E-state index in [1.165, 1.54) is 21.9 Å². The van der Waals surface area contributed by atoms with Gasteiger partial charge in [-0.3, -0.25) is 9.59 Å². The van der Waals surface area contributed by atoms with E-state index in [0.717, 1.165) is 24.5 Å². The van der Waals surface area contributed by atoms with Gasteiger partial charge in [0.25, 0.3) is 5.56 Å². The molecular formula is C19H26N6O4S. The fourth-order valence-corrected chi connectivity index (χ4v) is 4.96. The van der Waals surface area contributed by atoms with E-state index >= 15 is 0 Å². The predicted molar refractivity (Wildman–Crippen MR) is 112 cm³/mol. The number of fused-ring (bicyclic) bond motifs is 1. The standard InChI is InChI=1S/C19H26N6O4S/c1-3-29-19(28)23-9-7-22(8-10-23)16(27)14-5-4-6-24(12-14)18-21-25-15(26)11-13(2)20-17(25)30-18/h11,14H,3-10,12H2,1-2H3/t14-/m0/s1. The molecule has 162 valence electrons. The van der Waals surface area contributed by atoms with Crippen LogP contribution in [0.15, 0.2) is 10.9 Å². The van der Waals surface area contributed by atoms with E-state index < -0.39 is 0 Å². The molecule has 0 radical (unpaired) electrons. The van der Waals surface area contributed by atoms with Crippen LogP contribution >= 0.6 is 11.3 Å². The summed E-state index contributed by atoms with van der Waals surface area (Å²) >= 11 is 1.37. The average molecular weight is 435 g/mol. The topological polar surface area (TPSA) is 100 Å². The van der Waals surface area contributed by atoms with E-state index in [0.29, 0.717) is 50.0 Å². The van der Waals surface area contributed by atoms with Crippen molar-refractivity contribution in [3.63, 3.8) is 0 Å². The van der Waals surface area contributed by atoms with E-state index in [1.54, 1.807) is 18.7 Å². The summed E-state index contributed by atoms with van der Waals surface area (Å²) < 4.78 is 6.37. The van der Waals surface area contributed by atoms with Gasteiger partial charge >= 0.3 is 6.09 Å². The lowest BCUT2D eigenvalue weighted by atomic mass is 9.96. The molecule has 2 fully saturated rings. The van der Waals surface area contributed by atoms with Gasteiger partial charge in [-0.2, -0.15) is 4.52 Å². The van der Waals surface area contributed by atoms with Gasteiger partial charge in [-0.05, 0) is 26.7 Å². The number of amides is 2. The van der Waals surface area contributed by atoms with Crippen molar-refractivity contribution in [2.45, 2.75) is 26.7 Å². The number of aryl methyl sites for hydroxylation is 1. The first-order valence-corrected chi connectivity index (χ1v) is 11.1. The summed E-state index contributed by atoms with van der Waals surface area (Å²) in [6.45, 7) is 7.33. The molecule has 0 bridgehead atoms. The molecule has 11 heteroatoms. The smallest absolute Gasteiger partial charge is 0.409 e. The number of anilines is 1. The highest BCUT2D eigenvalue weighted by atomic mass is 32.1. The van der Waals surface area contributed by atoms with Crippen molar-refractivity contribution in [1.29, 1.82) is 0 Å². The molecule has 30 heavy (non-hydrogen) atoms. The van der Waals surface area contributed by atoms with Gasteiger partial charge in [0.2, 0.25) is 16.0 Å². The van der Waals surface area contributed by atoms with Gasteiger partial charge in [-0.1, -0.05) is 11.3 Å². The maximum absolute atomic E-state index is 13.1. The molecule has 1 atom stereocenters. The highest BCUT2D eigenvalue weighted by molar-refractivity contribution is 7.20. The second-order valence-electron chi connectivity index (χ2n) is 7.61. The fraction of sp³-hybridized carbons (Fsp3) is 0.632. The molecule has 0 aromatic carbocycles. The number of rotatable bonds is 3. The molecule has 2 saturated heterocycles. The Morgan fingerprint density at radius 1 is 1.20 bits per heavy atom. The van der Waals surface area contributed by atoms with Crippen molar-refractivity contribution in [3.8, 4) is 0 Å². The third-order valence-corrected chi connectivity index (χ3v) is 6.49. The van der Waals surface area contributed by atoms with Crippen molar-refractivity contribution in [2.75, 3.05) is 50.8 Å². The number of carbonyl (C=O) groups is 2. The molecule has 2 aliphatic rings. The van der Waals surface area contributed by atoms with Crippen molar-refractivity contribution in [1.82, 2.24) is 24.4 Å². The summed E-state index contributed by atoms with van der Waals surface area (Å²) in [5.41, 5.74) is 0.480. The van der Waals surface area contributed by atoms with Gasteiger partial charge in [-0.15, -0.1) is 5.10 Å². The number of ether oxygens (including phenoxy) is 1. The summed E-state index contributed by atoms with van der Waals surface area (Å²) in [6, 6.07) is 1.47. The number of hydrogen-bond donors (Lipinski definition) is 0. The molecule has 4 rings (SSSR count). The highest BCUT2D eigenvalue weighted by Gasteiger charge is 2.33. The van der Waals surface area contributed by atoms with E-state index in [2.05, 4.69) is 15.0 Å². The molecular weight excluding hydrogens is 408 g/mol. The number of aromatic nitrogens is 3. The average Bonchev–Trinajstić information content (AvgIpc) is 3.18. The maximum Gasteiger partial charge on any atom is 0.409 e. The van der Waals surface area contributed by atoms with Crippen LogP contribution in [0.5, 0.6) is 0 Å². The Balaban J connectivity index is 1.41. The summed E-state index contributed by atoms with van der Waals surface area (Å²) in [5, 5.41) is 5.15. The van der Waals surface area contributed by atoms with Crippen LogP contribution in [-0.2, 0) is 9.53 Å². The largest absolute Gasteiger partial charge is 0.450 e. The van der Waals surface area contributed by atoms with Gasteiger partial charge in [0, 0.05) is 51.0 Å². The monoisotopic (exact) mass is 434 g/mol. The molecule has 2 aliphatic heterocycles. The molecule has 4 heterocycles. The summed E-state index contributed by atoms with van der Waals surface area (Å²) in [5.74, 6) is 0.00165. The molecule has 0 spiro atoms. The third-order valence-electron chi connectivity index (χ3n) is 5.52. The van der Waals surface area contributed by atoms with E-state index in [-0.39, 0.29) is 23.5 Å². The Morgan fingerprint density at radius 3 is 2.67 bits per heavy atom. The molecule has 2 aromatic heterocycles. The van der Waals surface area contributed by atoms with Crippen LogP contribution < -0.4 is 10.5 Å². The summed E-state index contributed by atoms with van der Waals surface area (Å²) in [6.07, 6.45) is 1.40. The normalized spacial score (nSPS) is 19.9. The van der Waals surface area contributed by atoms with Gasteiger partial charge < -0.3 is 19.4 Å². The van der Waals surface area contributed by atoms with E-state index in [9.17, 15) is 14.4 Å². The number of piperidine rings is 1. The Morgan fingerprint density at radius 2 is 1.93 bits per heavy atom. The van der Waals surface area contributed by atoms with Crippen LogP contribution in [0.25, 0.3) is 4.96 Å². The van der Waals surface area contributed by atoms with Gasteiger partial charge in [0.15, 0.2) is 0 Å². The van der Waals surface area contributed by atoms with Crippen molar-refractivity contribution in [2.24, 2.45) is 5.92 Å². The minimum absolute atomic E-state index is 0.119. The Hall–Kier alpha value is -2.69. The lowest BCUT2D eigenvalue weighted by Gasteiger charge is -2.38. The predicted octanol–water partition coefficient (Wildman–Crippen LogP) is 0.977. The number of carbonyl (C=O) groups excluding carboxylic acids is 2. The fourth-order valence-electron chi connectivity index (χ4n) is 3.97. The molecule has 10 nitrogen and oxygen atoms in total. The lowest BCUT2D eigenvalue weighted by molar-refractivity contribution is -0.137. The van der Waals surface area contributed by atoms with Gasteiger partial charge in [0.1, 0.15) is 0 Å². The Kier molecular flexibility index (Phi) is 5.89. The molecule has 2 aromatic rings. The number of hydrogen-bond acceptors (Lipinski definition) is 8. The Bertz CT molecular complexity index is 997. The molecule has 0 aliphatic carbocycles. The second-order valence-corrected chi connectivity index (χ2v) is 8.55. The zero-order chi connectivity index (χ0) is 21.3. The summed E-state index contributed by atoms with van der Waals surface area (Å²) in [4.78, 5) is 47.6. The molecule has 0 saturated carbocycles. The van der Waals surface area contributed by atoms with Crippen molar-refractivity contribution in [3.05, 3.63) is 22.1 Å². The molecule has 2 amide bonds. The third kappa shape index (κ3) is 4.11. The SMILES string of the molecule is CCOC(=O)N1CCN(C(=O)[C@H]2CCCN(c3nn4c(=O)cc(C)nc4s3)C2)CC1. The van der Waals surface area contributed by atoms with E-state index in [1.807, 2.05) is 4.90 Å². The Labute approximate surface area is 178 Å². The summed E-state index contributed by atoms with van der Waals surface area (Å²) in [7, 11) is 0. The number of nitrogens with zero attached hydrogens (tertiary/aromatic N) is 6. The van der Waals surface area contributed by atoms with Crippen LogP contribution in [0.3, 0.4) is 0 Å². The first-order valence-electron chi connectivity index (χ1n) is 10.3. The van der Waals surface area contributed by atoms with Crippen molar-refractivity contribution >= 4 is 33.4 Å². The van der Waals surface area contributed by atoms with Crippen LogP contribution in [0.4, 0.5) is 9.93 Å². The van der Waals surface area contributed by atoms with E-state index in [4.69, 9.17) is 4.74 Å². The van der Waals surface area contributed by atoms with Crippen LogP contribution in [0.1, 0.15) is 25.5 Å². The lowest BCUT2D eigenvalue weighted by Crippen LogP contribution is -2.53.